The molecule has 0 saturated carbocycles. The van der Waals surface area contributed by atoms with Gasteiger partial charge in [0.05, 0.1) is 10.8 Å². The van der Waals surface area contributed by atoms with Crippen LogP contribution < -0.4 is 5.32 Å². The zero-order chi connectivity index (χ0) is 14.2. The number of carbonyl (C=O) groups is 1. The van der Waals surface area contributed by atoms with Gasteiger partial charge in [0.25, 0.3) is 0 Å². The first kappa shape index (κ1) is 13.7. The largest absolute Gasteiger partial charge is 0.320 e. The van der Waals surface area contributed by atoms with Crippen molar-refractivity contribution < 1.29 is 13.4 Å². The standard InChI is InChI=1S/C14H17FN2O2S/c15-12-3-1-2-11(8-12)9-17-13(18)10-20(19)14(17)4-6-16-7-5-14/h1-3,8,16H,4-7,9-10H2. The van der Waals surface area contributed by atoms with Crippen LogP contribution in [0.15, 0.2) is 24.3 Å². The highest BCUT2D eigenvalue weighted by atomic mass is 32.2. The number of carbonyl (C=O) groups excluding carboxylic acids is 1. The molecule has 3 rings (SSSR count). The van der Waals surface area contributed by atoms with Crippen molar-refractivity contribution in [1.82, 2.24) is 10.2 Å². The van der Waals surface area contributed by atoms with E-state index in [9.17, 15) is 13.4 Å². The van der Waals surface area contributed by atoms with E-state index in [2.05, 4.69) is 5.32 Å². The minimum atomic E-state index is -1.16. The smallest absolute Gasteiger partial charge is 0.236 e. The number of piperidine rings is 1. The molecule has 20 heavy (non-hydrogen) atoms. The minimum absolute atomic E-state index is 0.0884. The molecule has 1 amide bonds. The molecule has 1 aromatic carbocycles. The summed E-state index contributed by atoms with van der Waals surface area (Å²) in [5.41, 5.74) is 0.746. The molecule has 4 nitrogen and oxygen atoms in total. The van der Waals surface area contributed by atoms with Gasteiger partial charge in [0, 0.05) is 6.54 Å². The van der Waals surface area contributed by atoms with Crippen molar-refractivity contribution in [3.05, 3.63) is 35.6 Å². The first-order valence-corrected chi connectivity index (χ1v) is 8.08. The molecular formula is C14H17FN2O2S. The molecule has 2 aliphatic rings. The van der Waals surface area contributed by atoms with Crippen molar-refractivity contribution in [3.8, 4) is 0 Å². The van der Waals surface area contributed by atoms with Crippen molar-refractivity contribution in [2.24, 2.45) is 0 Å². The lowest BCUT2D eigenvalue weighted by Gasteiger charge is -2.40. The molecule has 2 fully saturated rings. The normalized spacial score (nSPS) is 25.4. The van der Waals surface area contributed by atoms with E-state index >= 15 is 0 Å². The zero-order valence-electron chi connectivity index (χ0n) is 11.1. The minimum Gasteiger partial charge on any atom is -0.320 e. The fraction of sp³-hybridized carbons (Fsp3) is 0.500. The Hall–Kier alpha value is -1.27. The maximum atomic E-state index is 13.3. The summed E-state index contributed by atoms with van der Waals surface area (Å²) >= 11 is 0. The second-order valence-electron chi connectivity index (χ2n) is 5.30. The average Bonchev–Trinajstić information content (AvgIpc) is 2.65. The Labute approximate surface area is 119 Å². The highest BCUT2D eigenvalue weighted by molar-refractivity contribution is 7.87. The van der Waals surface area contributed by atoms with Gasteiger partial charge in [-0.15, -0.1) is 0 Å². The van der Waals surface area contributed by atoms with Crippen molar-refractivity contribution in [3.63, 3.8) is 0 Å². The van der Waals surface area contributed by atoms with E-state index in [1.54, 1.807) is 17.0 Å². The summed E-state index contributed by atoms with van der Waals surface area (Å²) in [7, 11) is -1.16. The lowest BCUT2D eigenvalue weighted by atomic mass is 10.0. The Balaban J connectivity index is 1.89. The lowest BCUT2D eigenvalue weighted by molar-refractivity contribution is -0.131. The molecule has 6 heteroatoms. The number of nitrogens with one attached hydrogen (secondary N) is 1. The van der Waals surface area contributed by atoms with Crippen LogP contribution in [0.3, 0.4) is 0 Å². The Morgan fingerprint density at radius 3 is 2.80 bits per heavy atom. The van der Waals surface area contributed by atoms with Crippen LogP contribution in [0.5, 0.6) is 0 Å². The zero-order valence-corrected chi connectivity index (χ0v) is 11.9. The van der Waals surface area contributed by atoms with Crippen LogP contribution in [0.4, 0.5) is 4.39 Å². The van der Waals surface area contributed by atoms with Gasteiger partial charge in [-0.3, -0.25) is 9.00 Å². The summed E-state index contributed by atoms with van der Waals surface area (Å²) in [6, 6.07) is 6.25. The van der Waals surface area contributed by atoms with Crippen molar-refractivity contribution in [1.29, 1.82) is 0 Å². The molecule has 0 aromatic heterocycles. The number of nitrogens with zero attached hydrogens (tertiary/aromatic N) is 1. The van der Waals surface area contributed by atoms with Crippen molar-refractivity contribution >= 4 is 16.7 Å². The summed E-state index contributed by atoms with van der Waals surface area (Å²) in [5, 5.41) is 3.23. The molecule has 0 bridgehead atoms. The highest BCUT2D eigenvalue weighted by Crippen LogP contribution is 2.36. The topological polar surface area (TPSA) is 49.4 Å². The molecule has 2 heterocycles. The van der Waals surface area contributed by atoms with Crippen molar-refractivity contribution in [2.45, 2.75) is 24.3 Å². The van der Waals surface area contributed by atoms with Crippen LogP contribution in [-0.4, -0.2) is 38.7 Å². The van der Waals surface area contributed by atoms with E-state index in [-0.39, 0.29) is 17.5 Å². The van der Waals surface area contributed by atoms with E-state index < -0.39 is 15.7 Å². The van der Waals surface area contributed by atoms with Gasteiger partial charge in [0.15, 0.2) is 0 Å². The first-order chi connectivity index (χ1) is 9.62. The predicted octanol–water partition coefficient (Wildman–Crippen LogP) is 0.996. The Morgan fingerprint density at radius 2 is 2.10 bits per heavy atom. The third-order valence-corrected chi connectivity index (χ3v) is 6.07. The summed E-state index contributed by atoms with van der Waals surface area (Å²) in [6.45, 7) is 1.86. The number of rotatable bonds is 2. The van der Waals surface area contributed by atoms with Gasteiger partial charge < -0.3 is 10.2 Å². The molecule has 1 N–H and O–H groups in total. The third kappa shape index (κ3) is 2.27. The molecule has 0 aliphatic carbocycles. The number of benzene rings is 1. The lowest BCUT2D eigenvalue weighted by Crippen LogP contribution is -2.53. The second kappa shape index (κ2) is 5.26. The first-order valence-electron chi connectivity index (χ1n) is 6.76. The van der Waals surface area contributed by atoms with Gasteiger partial charge in [0.2, 0.25) is 5.91 Å². The molecule has 2 aliphatic heterocycles. The van der Waals surface area contributed by atoms with Gasteiger partial charge in [-0.05, 0) is 43.6 Å². The monoisotopic (exact) mass is 296 g/mol. The maximum Gasteiger partial charge on any atom is 0.236 e. The van der Waals surface area contributed by atoms with Crippen molar-refractivity contribution in [2.75, 3.05) is 18.8 Å². The van der Waals surface area contributed by atoms with Gasteiger partial charge in [0.1, 0.15) is 16.4 Å². The van der Waals surface area contributed by atoms with Crippen LogP contribution in [-0.2, 0) is 22.1 Å². The fourth-order valence-corrected chi connectivity index (χ4v) is 4.76. The molecule has 108 valence electrons. The Kier molecular flexibility index (Phi) is 3.60. The van der Waals surface area contributed by atoms with Crippen LogP contribution in [0, 0.1) is 5.82 Å². The number of hydrogen-bond donors (Lipinski definition) is 1. The van der Waals surface area contributed by atoms with E-state index in [1.165, 1.54) is 12.1 Å². The summed E-state index contributed by atoms with van der Waals surface area (Å²) < 4.78 is 25.7. The van der Waals surface area contributed by atoms with E-state index in [0.717, 1.165) is 18.7 Å². The van der Waals surface area contributed by atoms with E-state index in [1.807, 2.05) is 0 Å². The Morgan fingerprint density at radius 1 is 1.35 bits per heavy atom. The fourth-order valence-electron chi connectivity index (χ4n) is 3.04. The van der Waals surface area contributed by atoms with E-state index in [4.69, 9.17) is 0 Å². The molecule has 1 aromatic rings. The SMILES string of the molecule is O=C1CS(=O)C2(CCNCC2)N1Cc1cccc(F)c1. The van der Waals surface area contributed by atoms with Crippen LogP contribution in [0.1, 0.15) is 18.4 Å². The molecule has 2 saturated heterocycles. The average molecular weight is 296 g/mol. The highest BCUT2D eigenvalue weighted by Gasteiger charge is 2.51. The maximum absolute atomic E-state index is 13.3. The number of hydrogen-bond acceptors (Lipinski definition) is 3. The quantitative estimate of drug-likeness (QED) is 0.885. The number of halogens is 1. The van der Waals surface area contributed by atoms with Gasteiger partial charge in [-0.1, -0.05) is 12.1 Å². The Bertz CT molecular complexity index is 558. The van der Waals surface area contributed by atoms with Crippen LogP contribution >= 0.6 is 0 Å². The van der Waals surface area contributed by atoms with Crippen LogP contribution in [0.2, 0.25) is 0 Å². The second-order valence-corrected chi connectivity index (χ2v) is 7.04. The third-order valence-electron chi connectivity index (χ3n) is 4.09. The number of amides is 1. The molecular weight excluding hydrogens is 279 g/mol. The van der Waals surface area contributed by atoms with Gasteiger partial charge in [-0.25, -0.2) is 4.39 Å². The van der Waals surface area contributed by atoms with Gasteiger partial charge >= 0.3 is 0 Å². The molecule has 0 radical (unpaired) electrons. The summed E-state index contributed by atoms with van der Waals surface area (Å²) in [4.78, 5) is 13.3. The summed E-state index contributed by atoms with van der Waals surface area (Å²) in [6.07, 6.45) is 1.39. The van der Waals surface area contributed by atoms with Gasteiger partial charge in [-0.2, -0.15) is 0 Å². The summed E-state index contributed by atoms with van der Waals surface area (Å²) in [5.74, 6) is -0.306. The molecule has 1 atom stereocenters. The van der Waals surface area contributed by atoms with Crippen LogP contribution in [0.25, 0.3) is 0 Å². The van der Waals surface area contributed by atoms with E-state index in [0.29, 0.717) is 19.4 Å². The molecule has 1 unspecified atom stereocenters. The predicted molar refractivity (Wildman–Crippen MR) is 74.8 cm³/mol. The molecule has 1 spiro atoms.